The van der Waals surface area contributed by atoms with Crippen molar-refractivity contribution in [2.24, 2.45) is 5.92 Å². The number of hydrogen-bond acceptors (Lipinski definition) is 6. The van der Waals surface area contributed by atoms with Gasteiger partial charge in [-0.25, -0.2) is 0 Å². The highest BCUT2D eigenvalue weighted by molar-refractivity contribution is 6.07. The molecule has 5 heterocycles. The van der Waals surface area contributed by atoms with E-state index >= 15 is 0 Å². The van der Waals surface area contributed by atoms with Gasteiger partial charge in [-0.1, -0.05) is 44.2 Å². The van der Waals surface area contributed by atoms with Crippen LogP contribution in [0.15, 0.2) is 53.9 Å². The quantitative estimate of drug-likeness (QED) is 0.491. The number of ketones is 1. The zero-order valence-electron chi connectivity index (χ0n) is 24.3. The van der Waals surface area contributed by atoms with E-state index in [0.29, 0.717) is 19.0 Å². The Bertz CT molecular complexity index is 1290. The monoisotopic (exact) mass is 559 g/mol. The Morgan fingerprint density at radius 3 is 2.17 bits per heavy atom. The Kier molecular flexibility index (Phi) is 7.38. The third kappa shape index (κ3) is 5.26. The topological polar surface area (TPSA) is 93.3 Å². The SMILES string of the molecule is CC(C)C[C@H]1C(N2CC[C@H](N3C(=O)CC(=O)[C@@H]3C)C2)=CC(=O)N1[C@H]1CCN(C2=CC(=O)N[C@H]2Cc2ccccc2)C1. The summed E-state index contributed by atoms with van der Waals surface area (Å²) in [5, 5.41) is 3.12. The highest BCUT2D eigenvalue weighted by atomic mass is 16.2. The zero-order valence-corrected chi connectivity index (χ0v) is 24.3. The van der Waals surface area contributed by atoms with Crippen molar-refractivity contribution in [1.29, 1.82) is 0 Å². The van der Waals surface area contributed by atoms with Gasteiger partial charge in [-0.05, 0) is 44.1 Å². The molecule has 1 aromatic carbocycles. The molecule has 5 aliphatic heterocycles. The van der Waals surface area contributed by atoms with E-state index < -0.39 is 0 Å². The van der Waals surface area contributed by atoms with E-state index in [2.05, 4.69) is 46.0 Å². The van der Waals surface area contributed by atoms with E-state index in [1.807, 2.05) is 31.2 Å². The van der Waals surface area contributed by atoms with Crippen molar-refractivity contribution in [1.82, 2.24) is 24.9 Å². The maximum Gasteiger partial charge on any atom is 0.249 e. The van der Waals surface area contributed by atoms with Crippen LogP contribution in [0.4, 0.5) is 0 Å². The number of rotatable bonds is 8. The number of nitrogens with one attached hydrogen (secondary N) is 1. The molecule has 5 aliphatic rings. The smallest absolute Gasteiger partial charge is 0.249 e. The molecule has 0 bridgehead atoms. The lowest BCUT2D eigenvalue weighted by molar-refractivity contribution is -0.130. The fourth-order valence-electron chi connectivity index (χ4n) is 7.54. The molecule has 41 heavy (non-hydrogen) atoms. The summed E-state index contributed by atoms with van der Waals surface area (Å²) in [4.78, 5) is 59.2. The molecule has 9 nitrogen and oxygen atoms in total. The molecule has 1 N–H and O–H groups in total. The van der Waals surface area contributed by atoms with Crippen LogP contribution in [0.1, 0.15) is 52.0 Å². The molecule has 5 atom stereocenters. The van der Waals surface area contributed by atoms with Crippen molar-refractivity contribution in [2.75, 3.05) is 26.2 Å². The fraction of sp³-hybridized carbons (Fsp3) is 0.562. The van der Waals surface area contributed by atoms with Gasteiger partial charge in [0, 0.05) is 49.7 Å². The average molecular weight is 560 g/mol. The highest BCUT2D eigenvalue weighted by Gasteiger charge is 2.47. The summed E-state index contributed by atoms with van der Waals surface area (Å²) in [6.45, 7) is 9.15. The highest BCUT2D eigenvalue weighted by Crippen LogP contribution is 2.36. The Labute approximate surface area is 242 Å². The summed E-state index contributed by atoms with van der Waals surface area (Å²) in [6, 6.07) is 9.82. The number of benzene rings is 1. The number of carbonyl (C=O) groups is 4. The molecule has 1 aromatic rings. The number of amides is 3. The lowest BCUT2D eigenvalue weighted by atomic mass is 9.99. The Hall–Kier alpha value is -3.62. The van der Waals surface area contributed by atoms with E-state index in [1.165, 1.54) is 5.56 Å². The van der Waals surface area contributed by atoms with Crippen LogP contribution >= 0.6 is 0 Å². The van der Waals surface area contributed by atoms with Gasteiger partial charge in [0.2, 0.25) is 17.7 Å². The van der Waals surface area contributed by atoms with Gasteiger partial charge in [-0.15, -0.1) is 0 Å². The van der Waals surface area contributed by atoms with Crippen LogP contribution in [0.3, 0.4) is 0 Å². The number of carbonyl (C=O) groups excluding carboxylic acids is 4. The maximum absolute atomic E-state index is 13.6. The van der Waals surface area contributed by atoms with Crippen molar-refractivity contribution in [3.8, 4) is 0 Å². The van der Waals surface area contributed by atoms with Crippen molar-refractivity contribution >= 4 is 23.5 Å². The maximum atomic E-state index is 13.6. The Morgan fingerprint density at radius 2 is 1.54 bits per heavy atom. The summed E-state index contributed by atoms with van der Waals surface area (Å²) in [5.74, 6) is 0.326. The summed E-state index contributed by atoms with van der Waals surface area (Å²) in [6.07, 6.45) is 6.82. The third-order valence-corrected chi connectivity index (χ3v) is 9.47. The van der Waals surface area contributed by atoms with Gasteiger partial charge in [-0.2, -0.15) is 0 Å². The number of hydrogen-bond donors (Lipinski definition) is 1. The van der Waals surface area contributed by atoms with Gasteiger partial charge in [0.1, 0.15) is 0 Å². The molecular formula is C32H41N5O4. The first-order valence-electron chi connectivity index (χ1n) is 15.1. The van der Waals surface area contributed by atoms with Crippen LogP contribution in [0.25, 0.3) is 0 Å². The van der Waals surface area contributed by atoms with Crippen LogP contribution < -0.4 is 5.32 Å². The largest absolute Gasteiger partial charge is 0.371 e. The molecule has 0 aliphatic carbocycles. The predicted molar refractivity (Wildman–Crippen MR) is 154 cm³/mol. The molecule has 218 valence electrons. The van der Waals surface area contributed by atoms with Gasteiger partial charge >= 0.3 is 0 Å². The van der Waals surface area contributed by atoms with Gasteiger partial charge in [0.15, 0.2) is 5.78 Å². The second kappa shape index (κ2) is 11.0. The zero-order chi connectivity index (χ0) is 28.8. The van der Waals surface area contributed by atoms with Gasteiger partial charge in [0.05, 0.1) is 36.6 Å². The minimum atomic E-state index is -0.365. The van der Waals surface area contributed by atoms with E-state index in [-0.39, 0.29) is 60.1 Å². The second-order valence-electron chi connectivity index (χ2n) is 12.7. The summed E-state index contributed by atoms with van der Waals surface area (Å²) in [7, 11) is 0. The number of Topliss-reactive ketones (excluding diaryl/α,β-unsaturated/α-hetero) is 1. The third-order valence-electron chi connectivity index (χ3n) is 9.47. The van der Waals surface area contributed by atoms with Crippen LogP contribution in [0.5, 0.6) is 0 Å². The van der Waals surface area contributed by atoms with Crippen LogP contribution in [0, 0.1) is 5.92 Å². The molecule has 9 heteroatoms. The first-order chi connectivity index (χ1) is 19.7. The normalized spacial score (nSPS) is 30.3. The van der Waals surface area contributed by atoms with Crippen molar-refractivity contribution in [2.45, 2.75) is 83.1 Å². The second-order valence-corrected chi connectivity index (χ2v) is 12.7. The summed E-state index contributed by atoms with van der Waals surface area (Å²) in [5.41, 5.74) is 3.25. The van der Waals surface area contributed by atoms with Crippen LogP contribution in [0.2, 0.25) is 0 Å². The number of nitrogens with zero attached hydrogens (tertiary/aromatic N) is 4. The standard InChI is InChI=1S/C32H41N5O4/c1-20(2)13-28-27(35-12-9-23(18-35)36-21(3)29(38)17-32(36)41)16-31(40)37(28)24-10-11-34(19-24)26-15-30(39)33-25(26)14-22-7-5-4-6-8-22/h4-8,15-16,20-21,23-25,28H,9-14,17-19H2,1-3H3,(H,33,39)/t21-,23-,24-,25-,28-/m0/s1. The molecule has 3 amide bonds. The van der Waals surface area contributed by atoms with Crippen molar-refractivity contribution in [3.05, 3.63) is 59.4 Å². The molecule has 0 radical (unpaired) electrons. The van der Waals surface area contributed by atoms with E-state index in [0.717, 1.165) is 50.2 Å². The molecule has 0 spiro atoms. The predicted octanol–water partition coefficient (Wildman–Crippen LogP) is 2.09. The van der Waals surface area contributed by atoms with Gasteiger partial charge in [-0.3, -0.25) is 19.2 Å². The van der Waals surface area contributed by atoms with E-state index in [1.54, 1.807) is 11.0 Å². The van der Waals surface area contributed by atoms with Crippen LogP contribution in [-0.4, -0.2) is 99.5 Å². The molecule has 3 saturated heterocycles. The van der Waals surface area contributed by atoms with Crippen molar-refractivity contribution in [3.63, 3.8) is 0 Å². The van der Waals surface area contributed by atoms with Crippen molar-refractivity contribution < 1.29 is 19.2 Å². The van der Waals surface area contributed by atoms with Gasteiger partial charge < -0.3 is 24.9 Å². The minimum absolute atomic E-state index is 0.00126. The molecule has 0 saturated carbocycles. The Morgan fingerprint density at radius 1 is 0.878 bits per heavy atom. The first-order valence-corrected chi connectivity index (χ1v) is 15.1. The summed E-state index contributed by atoms with van der Waals surface area (Å²) >= 11 is 0. The van der Waals surface area contributed by atoms with Crippen LogP contribution in [-0.2, 0) is 25.6 Å². The number of likely N-dealkylation sites (tertiary alicyclic amines) is 3. The molecular weight excluding hydrogens is 518 g/mol. The summed E-state index contributed by atoms with van der Waals surface area (Å²) < 4.78 is 0. The van der Waals surface area contributed by atoms with E-state index in [9.17, 15) is 19.2 Å². The molecule has 0 aromatic heterocycles. The minimum Gasteiger partial charge on any atom is -0.371 e. The lowest BCUT2D eigenvalue weighted by Crippen LogP contribution is -2.48. The van der Waals surface area contributed by atoms with E-state index in [4.69, 9.17) is 0 Å². The lowest BCUT2D eigenvalue weighted by Gasteiger charge is -2.37. The molecule has 0 unspecified atom stereocenters. The first kappa shape index (κ1) is 27.5. The fourth-order valence-corrected chi connectivity index (χ4v) is 7.54. The average Bonchev–Trinajstić information content (AvgIpc) is 3.74. The molecule has 3 fully saturated rings. The van der Waals surface area contributed by atoms with Gasteiger partial charge in [0.25, 0.3) is 0 Å². The molecule has 6 rings (SSSR count). The Balaban J connectivity index is 1.15.